The predicted octanol–water partition coefficient (Wildman–Crippen LogP) is 5.86. The Balaban J connectivity index is 1.88. The minimum Gasteiger partial charge on any atom is -0.324 e. The molecular weight excluding hydrogens is 404 g/mol. The molecule has 0 bridgehead atoms. The third-order valence-corrected chi connectivity index (χ3v) is 7.35. The first-order chi connectivity index (χ1) is 14.4. The van der Waals surface area contributed by atoms with Gasteiger partial charge in [0.25, 0.3) is 5.91 Å². The van der Waals surface area contributed by atoms with Crippen molar-refractivity contribution < 1.29 is 9.59 Å². The molecule has 1 heterocycles. The average molecular weight is 439 g/mol. The van der Waals surface area contributed by atoms with Crippen molar-refractivity contribution in [1.82, 2.24) is 4.90 Å². The summed E-state index contributed by atoms with van der Waals surface area (Å²) in [5.74, 6) is 0.364. The molecule has 5 heteroatoms. The van der Waals surface area contributed by atoms with Crippen molar-refractivity contribution in [2.24, 2.45) is 5.41 Å². The van der Waals surface area contributed by atoms with Crippen molar-refractivity contribution in [2.75, 3.05) is 11.1 Å². The first-order valence-corrected chi connectivity index (χ1v) is 11.8. The fraction of sp³-hybridized carbons (Fsp3) is 0.462. The molecule has 2 aromatic carbocycles. The number of carbonyl (C=O) groups is 2. The lowest BCUT2D eigenvalue weighted by Gasteiger charge is -2.36. The van der Waals surface area contributed by atoms with Crippen molar-refractivity contribution in [2.45, 2.75) is 65.3 Å². The summed E-state index contributed by atoms with van der Waals surface area (Å²) in [6, 6.07) is 15.0. The maximum Gasteiger partial charge on any atom is 0.255 e. The van der Waals surface area contributed by atoms with Gasteiger partial charge < -0.3 is 10.2 Å². The van der Waals surface area contributed by atoms with Crippen LogP contribution >= 0.6 is 11.8 Å². The van der Waals surface area contributed by atoms with E-state index in [0.717, 1.165) is 11.3 Å². The SMILES string of the molecule is Cc1ccc(NC(=O)C2CSC(C(C)(C)C)N2C(=O)c2ccc(C(C)(C)C)cc2)cc1. The number of benzene rings is 2. The van der Waals surface area contributed by atoms with Gasteiger partial charge in [-0.25, -0.2) is 0 Å². The lowest BCUT2D eigenvalue weighted by atomic mass is 9.86. The van der Waals surface area contributed by atoms with Gasteiger partial charge in [0.05, 0.1) is 5.37 Å². The Morgan fingerprint density at radius 1 is 0.935 bits per heavy atom. The van der Waals surface area contributed by atoms with Crippen LogP contribution in [0.25, 0.3) is 0 Å². The minimum atomic E-state index is -0.509. The molecule has 0 spiro atoms. The highest BCUT2D eigenvalue weighted by atomic mass is 32.2. The van der Waals surface area contributed by atoms with Crippen molar-refractivity contribution in [1.29, 1.82) is 0 Å². The summed E-state index contributed by atoms with van der Waals surface area (Å²) >= 11 is 1.68. The number of hydrogen-bond acceptors (Lipinski definition) is 3. The molecule has 0 radical (unpaired) electrons. The molecule has 1 fully saturated rings. The normalized spacial score (nSPS) is 19.4. The van der Waals surface area contributed by atoms with E-state index < -0.39 is 6.04 Å². The first-order valence-electron chi connectivity index (χ1n) is 10.8. The molecule has 1 aliphatic rings. The van der Waals surface area contributed by atoms with Crippen LogP contribution in [0.3, 0.4) is 0 Å². The Labute approximate surface area is 190 Å². The maximum absolute atomic E-state index is 13.6. The quantitative estimate of drug-likeness (QED) is 0.653. The highest BCUT2D eigenvalue weighted by Gasteiger charge is 2.46. The minimum absolute atomic E-state index is 0.0233. The summed E-state index contributed by atoms with van der Waals surface area (Å²) in [6.07, 6.45) is 0. The van der Waals surface area contributed by atoms with Crippen LogP contribution in [0.15, 0.2) is 48.5 Å². The van der Waals surface area contributed by atoms with Gasteiger partial charge in [0.15, 0.2) is 0 Å². The van der Waals surface area contributed by atoms with Gasteiger partial charge in [-0.1, -0.05) is 71.4 Å². The zero-order valence-electron chi connectivity index (χ0n) is 19.7. The summed E-state index contributed by atoms with van der Waals surface area (Å²) in [6.45, 7) is 14.8. The van der Waals surface area contributed by atoms with Crippen molar-refractivity contribution in [3.8, 4) is 0 Å². The first kappa shape index (κ1) is 23.4. The van der Waals surface area contributed by atoms with E-state index in [2.05, 4.69) is 46.9 Å². The van der Waals surface area contributed by atoms with Crippen LogP contribution in [0.5, 0.6) is 0 Å². The van der Waals surface area contributed by atoms with E-state index in [-0.39, 0.29) is 28.0 Å². The van der Waals surface area contributed by atoms with Gasteiger partial charge in [0.1, 0.15) is 6.04 Å². The Hall–Kier alpha value is -2.27. The number of thioether (sulfide) groups is 1. The summed E-state index contributed by atoms with van der Waals surface area (Å²) in [4.78, 5) is 28.6. The number of carbonyl (C=O) groups excluding carboxylic acids is 2. The molecule has 0 saturated carbocycles. The summed E-state index contributed by atoms with van der Waals surface area (Å²) < 4.78 is 0. The number of rotatable bonds is 3. The number of aryl methyl sites for hydroxylation is 1. The van der Waals surface area contributed by atoms with Crippen LogP contribution < -0.4 is 5.32 Å². The van der Waals surface area contributed by atoms with Crippen molar-refractivity contribution in [3.63, 3.8) is 0 Å². The molecule has 1 saturated heterocycles. The van der Waals surface area contributed by atoms with E-state index in [4.69, 9.17) is 0 Å². The van der Waals surface area contributed by atoms with Gasteiger partial charge in [0.2, 0.25) is 5.91 Å². The molecule has 0 aromatic heterocycles. The second-order valence-electron chi connectivity index (χ2n) is 10.5. The molecule has 2 aromatic rings. The number of hydrogen-bond donors (Lipinski definition) is 1. The highest BCUT2D eigenvalue weighted by Crippen LogP contribution is 2.41. The van der Waals surface area contributed by atoms with Crippen LogP contribution in [0.2, 0.25) is 0 Å². The zero-order valence-corrected chi connectivity index (χ0v) is 20.5. The summed E-state index contributed by atoms with van der Waals surface area (Å²) in [7, 11) is 0. The lowest BCUT2D eigenvalue weighted by molar-refractivity contribution is -0.120. The van der Waals surface area contributed by atoms with E-state index in [9.17, 15) is 9.59 Å². The number of amides is 2. The molecule has 0 aliphatic carbocycles. The van der Waals surface area contributed by atoms with Crippen molar-refractivity contribution in [3.05, 3.63) is 65.2 Å². The third-order valence-electron chi connectivity index (χ3n) is 5.60. The van der Waals surface area contributed by atoms with E-state index in [1.54, 1.807) is 16.7 Å². The molecule has 3 rings (SSSR count). The number of nitrogens with zero attached hydrogens (tertiary/aromatic N) is 1. The largest absolute Gasteiger partial charge is 0.324 e. The summed E-state index contributed by atoms with van der Waals surface area (Å²) in [5.41, 5.74) is 3.57. The Bertz CT molecular complexity index is 937. The van der Waals surface area contributed by atoms with Gasteiger partial charge in [0, 0.05) is 17.0 Å². The molecule has 2 unspecified atom stereocenters. The molecule has 2 atom stereocenters. The van der Waals surface area contributed by atoms with Gasteiger partial charge in [-0.2, -0.15) is 0 Å². The Morgan fingerprint density at radius 3 is 2.03 bits per heavy atom. The number of nitrogens with one attached hydrogen (secondary N) is 1. The van der Waals surface area contributed by atoms with Crippen LogP contribution in [0.1, 0.15) is 63.0 Å². The Morgan fingerprint density at radius 2 is 1.52 bits per heavy atom. The van der Waals surface area contributed by atoms with E-state index in [1.165, 1.54) is 5.56 Å². The molecule has 4 nitrogen and oxygen atoms in total. The van der Waals surface area contributed by atoms with E-state index >= 15 is 0 Å². The van der Waals surface area contributed by atoms with Crippen LogP contribution in [0.4, 0.5) is 5.69 Å². The molecule has 2 amide bonds. The van der Waals surface area contributed by atoms with E-state index in [1.807, 2.05) is 55.5 Å². The monoisotopic (exact) mass is 438 g/mol. The molecule has 166 valence electrons. The Kier molecular flexibility index (Phi) is 6.56. The highest BCUT2D eigenvalue weighted by molar-refractivity contribution is 8.00. The molecule has 1 aliphatic heterocycles. The molecule has 31 heavy (non-hydrogen) atoms. The van der Waals surface area contributed by atoms with Gasteiger partial charge >= 0.3 is 0 Å². The molecule has 1 N–H and O–H groups in total. The maximum atomic E-state index is 13.6. The van der Waals surface area contributed by atoms with Crippen molar-refractivity contribution >= 4 is 29.3 Å². The van der Waals surface area contributed by atoms with Gasteiger partial charge in [-0.15, -0.1) is 11.8 Å². The third kappa shape index (κ3) is 5.32. The van der Waals surface area contributed by atoms with Crippen LogP contribution in [-0.4, -0.2) is 33.9 Å². The van der Waals surface area contributed by atoms with Gasteiger partial charge in [-0.3, -0.25) is 9.59 Å². The fourth-order valence-electron chi connectivity index (χ4n) is 3.75. The average Bonchev–Trinajstić information content (AvgIpc) is 3.14. The van der Waals surface area contributed by atoms with E-state index in [0.29, 0.717) is 11.3 Å². The fourth-order valence-corrected chi connectivity index (χ4v) is 5.33. The van der Waals surface area contributed by atoms with Gasteiger partial charge in [-0.05, 0) is 47.6 Å². The topological polar surface area (TPSA) is 49.4 Å². The molecular formula is C26H34N2O2S. The second-order valence-corrected chi connectivity index (χ2v) is 11.6. The van der Waals surface area contributed by atoms with Crippen LogP contribution in [-0.2, 0) is 10.2 Å². The predicted molar refractivity (Wildman–Crippen MR) is 131 cm³/mol. The standard InChI is InChI=1S/C26H34N2O2S/c1-17-8-14-20(15-9-17)27-22(29)21-16-31-24(26(5,6)7)28(21)23(30)18-10-12-19(13-11-18)25(2,3)4/h8-15,21,24H,16H2,1-7H3,(H,27,29). The smallest absolute Gasteiger partial charge is 0.255 e. The summed E-state index contributed by atoms with van der Waals surface area (Å²) in [5, 5.41) is 2.93. The number of anilines is 1. The zero-order chi connectivity index (χ0) is 23.0. The lowest BCUT2D eigenvalue weighted by Crippen LogP contribution is -2.51. The second kappa shape index (κ2) is 8.70. The van der Waals surface area contributed by atoms with Crippen LogP contribution in [0, 0.1) is 12.3 Å².